The van der Waals surface area contributed by atoms with Gasteiger partial charge < -0.3 is 15.9 Å². The van der Waals surface area contributed by atoms with Crippen LogP contribution in [0.5, 0.6) is 11.5 Å². The topological polar surface area (TPSA) is 66.5 Å². The smallest absolute Gasteiger partial charge is 0.121 e. The van der Waals surface area contributed by atoms with E-state index in [9.17, 15) is 10.2 Å². The summed E-state index contributed by atoms with van der Waals surface area (Å²) in [6.07, 6.45) is 0. The van der Waals surface area contributed by atoms with Crippen LogP contribution in [0.15, 0.2) is 60.7 Å². The number of phenolic OH excluding ortho intramolecular Hbond substituents is 2. The van der Waals surface area contributed by atoms with Crippen LogP contribution in [-0.4, -0.2) is 10.2 Å². The monoisotopic (exact) mass is 265 g/mol. The molecule has 0 radical (unpaired) electrons. The first kappa shape index (κ1) is 12.5. The highest BCUT2D eigenvalue weighted by molar-refractivity contribution is 5.88. The van der Waals surface area contributed by atoms with Gasteiger partial charge in [0.05, 0.1) is 6.04 Å². The number of rotatable bonds is 2. The summed E-state index contributed by atoms with van der Waals surface area (Å²) in [5.74, 6) is 0.270. The molecule has 0 aliphatic rings. The van der Waals surface area contributed by atoms with Crippen molar-refractivity contribution in [3.05, 3.63) is 71.8 Å². The van der Waals surface area contributed by atoms with Crippen LogP contribution in [0, 0.1) is 0 Å². The average molecular weight is 265 g/mol. The molecule has 0 aliphatic heterocycles. The Kier molecular flexibility index (Phi) is 3.05. The molecular weight excluding hydrogens is 250 g/mol. The minimum Gasteiger partial charge on any atom is -0.508 e. The highest BCUT2D eigenvalue weighted by Crippen LogP contribution is 2.36. The lowest BCUT2D eigenvalue weighted by atomic mass is 9.93. The van der Waals surface area contributed by atoms with Gasteiger partial charge in [-0.3, -0.25) is 0 Å². The Bertz CT molecular complexity index is 768. The summed E-state index contributed by atoms with van der Waals surface area (Å²) >= 11 is 0. The summed E-state index contributed by atoms with van der Waals surface area (Å²) in [6.45, 7) is 0. The quantitative estimate of drug-likeness (QED) is 0.666. The third kappa shape index (κ3) is 1.98. The lowest BCUT2D eigenvalue weighted by molar-refractivity contribution is 0.456. The van der Waals surface area contributed by atoms with Crippen molar-refractivity contribution in [3.63, 3.8) is 0 Å². The number of para-hydroxylation sites is 1. The van der Waals surface area contributed by atoms with Crippen molar-refractivity contribution in [1.82, 2.24) is 0 Å². The van der Waals surface area contributed by atoms with E-state index in [0.29, 0.717) is 11.1 Å². The number of fused-ring (bicyclic) bond motifs is 1. The van der Waals surface area contributed by atoms with Crippen molar-refractivity contribution in [2.45, 2.75) is 6.04 Å². The van der Waals surface area contributed by atoms with Gasteiger partial charge in [-0.2, -0.15) is 0 Å². The number of aromatic hydroxyl groups is 2. The van der Waals surface area contributed by atoms with E-state index < -0.39 is 6.04 Å². The van der Waals surface area contributed by atoms with Crippen molar-refractivity contribution in [3.8, 4) is 11.5 Å². The number of phenols is 2. The second-order valence-electron chi connectivity index (χ2n) is 4.76. The van der Waals surface area contributed by atoms with Gasteiger partial charge in [0, 0.05) is 11.1 Å². The minimum absolute atomic E-state index is 0.132. The Hall–Kier alpha value is -2.52. The summed E-state index contributed by atoms with van der Waals surface area (Å²) in [4.78, 5) is 0. The van der Waals surface area contributed by atoms with Gasteiger partial charge in [0.2, 0.25) is 0 Å². The fourth-order valence-corrected chi connectivity index (χ4v) is 2.52. The molecular formula is C17H15NO2. The van der Waals surface area contributed by atoms with Crippen LogP contribution in [0.3, 0.4) is 0 Å². The first-order chi connectivity index (χ1) is 9.68. The van der Waals surface area contributed by atoms with Gasteiger partial charge >= 0.3 is 0 Å². The van der Waals surface area contributed by atoms with E-state index in [1.54, 1.807) is 24.3 Å². The molecule has 0 spiro atoms. The molecule has 3 rings (SSSR count). The van der Waals surface area contributed by atoms with Crippen LogP contribution in [0.1, 0.15) is 17.2 Å². The standard InChI is InChI=1S/C17H15NO2/c18-17(13-7-3-4-8-14(13)19)16-12-6-2-1-5-11(12)9-10-15(16)20/h1-10,17,19-20H,18H2/t17-/m0/s1. The first-order valence-electron chi connectivity index (χ1n) is 6.42. The molecule has 0 saturated carbocycles. The molecule has 4 N–H and O–H groups in total. The molecule has 0 saturated heterocycles. The van der Waals surface area contributed by atoms with Gasteiger partial charge in [0.1, 0.15) is 11.5 Å². The van der Waals surface area contributed by atoms with E-state index in [1.807, 2.05) is 36.4 Å². The Morgan fingerprint density at radius 1 is 0.750 bits per heavy atom. The van der Waals surface area contributed by atoms with Crippen LogP contribution < -0.4 is 5.73 Å². The largest absolute Gasteiger partial charge is 0.508 e. The van der Waals surface area contributed by atoms with Crippen molar-refractivity contribution in [1.29, 1.82) is 0 Å². The third-order valence-corrected chi connectivity index (χ3v) is 3.53. The molecule has 3 heteroatoms. The highest BCUT2D eigenvalue weighted by atomic mass is 16.3. The number of nitrogens with two attached hydrogens (primary N) is 1. The molecule has 0 aromatic heterocycles. The van der Waals surface area contributed by atoms with E-state index in [4.69, 9.17) is 5.73 Å². The second kappa shape index (κ2) is 4.87. The molecule has 100 valence electrons. The maximum atomic E-state index is 10.2. The van der Waals surface area contributed by atoms with Crippen molar-refractivity contribution >= 4 is 10.8 Å². The zero-order valence-corrected chi connectivity index (χ0v) is 10.8. The number of hydrogen-bond donors (Lipinski definition) is 3. The van der Waals surface area contributed by atoms with E-state index in [0.717, 1.165) is 10.8 Å². The number of hydrogen-bond acceptors (Lipinski definition) is 3. The Morgan fingerprint density at radius 3 is 2.25 bits per heavy atom. The summed E-state index contributed by atoms with van der Waals surface area (Å²) in [5, 5.41) is 22.0. The van der Waals surface area contributed by atoms with Crippen molar-refractivity contribution in [2.75, 3.05) is 0 Å². The van der Waals surface area contributed by atoms with Gasteiger partial charge in [0.15, 0.2) is 0 Å². The van der Waals surface area contributed by atoms with Crippen LogP contribution in [0.2, 0.25) is 0 Å². The van der Waals surface area contributed by atoms with Gasteiger partial charge in [0.25, 0.3) is 0 Å². The molecule has 0 amide bonds. The van der Waals surface area contributed by atoms with E-state index >= 15 is 0 Å². The molecule has 0 aliphatic carbocycles. The average Bonchev–Trinajstić information content (AvgIpc) is 2.47. The van der Waals surface area contributed by atoms with Crippen molar-refractivity contribution in [2.24, 2.45) is 5.73 Å². The van der Waals surface area contributed by atoms with Gasteiger partial charge in [-0.05, 0) is 22.9 Å². The highest BCUT2D eigenvalue weighted by Gasteiger charge is 2.18. The molecule has 3 aromatic carbocycles. The molecule has 0 unspecified atom stereocenters. The Balaban J connectivity index is 2.24. The molecule has 1 atom stereocenters. The van der Waals surface area contributed by atoms with Gasteiger partial charge in [-0.1, -0.05) is 48.5 Å². The van der Waals surface area contributed by atoms with Crippen LogP contribution in [-0.2, 0) is 0 Å². The lowest BCUT2D eigenvalue weighted by Crippen LogP contribution is -2.12. The molecule has 0 bridgehead atoms. The summed E-state index contributed by atoms with van der Waals surface area (Å²) < 4.78 is 0. The molecule has 0 fully saturated rings. The summed E-state index contributed by atoms with van der Waals surface area (Å²) in [6, 6.07) is 17.6. The van der Waals surface area contributed by atoms with Crippen LogP contribution in [0.25, 0.3) is 10.8 Å². The third-order valence-electron chi connectivity index (χ3n) is 3.53. The number of benzene rings is 3. The van der Waals surface area contributed by atoms with Crippen molar-refractivity contribution < 1.29 is 10.2 Å². The minimum atomic E-state index is -0.581. The summed E-state index contributed by atoms with van der Waals surface area (Å²) in [7, 11) is 0. The predicted octanol–water partition coefficient (Wildman–Crippen LogP) is 3.30. The maximum absolute atomic E-state index is 10.2. The van der Waals surface area contributed by atoms with E-state index in [-0.39, 0.29) is 11.5 Å². The molecule has 3 aromatic rings. The van der Waals surface area contributed by atoms with Gasteiger partial charge in [-0.15, -0.1) is 0 Å². The Labute approximate surface area is 116 Å². The zero-order valence-electron chi connectivity index (χ0n) is 10.8. The Morgan fingerprint density at radius 2 is 1.45 bits per heavy atom. The van der Waals surface area contributed by atoms with Gasteiger partial charge in [-0.25, -0.2) is 0 Å². The second-order valence-corrected chi connectivity index (χ2v) is 4.76. The van der Waals surface area contributed by atoms with Crippen LogP contribution in [0.4, 0.5) is 0 Å². The fraction of sp³-hybridized carbons (Fsp3) is 0.0588. The lowest BCUT2D eigenvalue weighted by Gasteiger charge is -2.17. The zero-order chi connectivity index (χ0) is 14.1. The summed E-state index contributed by atoms with van der Waals surface area (Å²) in [5.41, 5.74) is 7.49. The normalized spacial score (nSPS) is 12.4. The van der Waals surface area contributed by atoms with Crippen LogP contribution >= 0.6 is 0 Å². The predicted molar refractivity (Wildman–Crippen MR) is 79.8 cm³/mol. The molecule has 3 nitrogen and oxygen atoms in total. The first-order valence-corrected chi connectivity index (χ1v) is 6.42. The van der Waals surface area contributed by atoms with E-state index in [2.05, 4.69) is 0 Å². The fourth-order valence-electron chi connectivity index (χ4n) is 2.52. The maximum Gasteiger partial charge on any atom is 0.121 e. The molecule has 0 heterocycles. The SMILES string of the molecule is N[C@@H](c1ccccc1O)c1c(O)ccc2ccccc12. The molecule has 20 heavy (non-hydrogen) atoms. The van der Waals surface area contributed by atoms with E-state index in [1.165, 1.54) is 0 Å².